The molecule has 9 heteroatoms. The molecule has 0 saturated heterocycles. The van der Waals surface area contributed by atoms with E-state index in [2.05, 4.69) is 25.9 Å². The molecule has 0 radical (unpaired) electrons. The number of benzene rings is 2. The van der Waals surface area contributed by atoms with Crippen LogP contribution in [0, 0.1) is 6.92 Å². The maximum absolute atomic E-state index is 13.3. The van der Waals surface area contributed by atoms with E-state index in [4.69, 9.17) is 4.55 Å². The van der Waals surface area contributed by atoms with Crippen molar-refractivity contribution in [3.8, 4) is 0 Å². The summed E-state index contributed by atoms with van der Waals surface area (Å²) in [6.45, 7) is 1.88. The average molecular weight is 493 g/mol. The highest BCUT2D eigenvalue weighted by atomic mass is 79.9. The monoisotopic (exact) mass is 492 g/mol. The molecule has 6 nitrogen and oxygen atoms in total. The highest BCUT2D eigenvalue weighted by Gasteiger charge is 2.28. The van der Waals surface area contributed by atoms with E-state index in [9.17, 15) is 12.6 Å². The standard InChI is InChI=1S/C20H17BrN2O4S2/c1-14-3-2-4-15(11-14)19(13-23-20-10-5-16(21)12-22-20)29(26,27)18-8-6-17(7-9-18)28(24)25/h2-13,19H,1H3,(H,24,25). The van der Waals surface area contributed by atoms with Gasteiger partial charge >= 0.3 is 0 Å². The normalized spacial score (nSPS) is 14.0. The highest BCUT2D eigenvalue weighted by molar-refractivity contribution is 9.10. The van der Waals surface area contributed by atoms with E-state index < -0.39 is 26.2 Å². The van der Waals surface area contributed by atoms with Gasteiger partial charge < -0.3 is 4.55 Å². The van der Waals surface area contributed by atoms with Crippen LogP contribution in [0.2, 0.25) is 0 Å². The molecule has 1 heterocycles. The van der Waals surface area contributed by atoms with E-state index in [1.165, 1.54) is 30.5 Å². The van der Waals surface area contributed by atoms with Crippen molar-refractivity contribution in [3.05, 3.63) is 82.5 Å². The van der Waals surface area contributed by atoms with Crippen molar-refractivity contribution in [1.82, 2.24) is 4.98 Å². The number of pyridine rings is 1. The SMILES string of the molecule is Cc1cccc(C(C=Nc2ccc(Br)cn2)S(=O)(=O)c2ccc(S(=O)O)cc2)c1. The predicted molar refractivity (Wildman–Crippen MR) is 117 cm³/mol. The Balaban J connectivity index is 2.06. The molecule has 0 bridgehead atoms. The van der Waals surface area contributed by atoms with Gasteiger partial charge in [-0.1, -0.05) is 29.8 Å². The van der Waals surface area contributed by atoms with Crippen molar-refractivity contribution in [1.29, 1.82) is 0 Å². The smallest absolute Gasteiger partial charge is 0.190 e. The third-order valence-electron chi connectivity index (χ3n) is 4.11. The summed E-state index contributed by atoms with van der Waals surface area (Å²) in [6.07, 6.45) is 2.94. The molecular weight excluding hydrogens is 476 g/mol. The van der Waals surface area contributed by atoms with Gasteiger partial charge in [0, 0.05) is 16.9 Å². The van der Waals surface area contributed by atoms with Gasteiger partial charge in [0.15, 0.2) is 26.7 Å². The van der Waals surface area contributed by atoms with Gasteiger partial charge in [0.05, 0.1) is 9.79 Å². The lowest BCUT2D eigenvalue weighted by Crippen LogP contribution is -2.15. The number of halogens is 1. The zero-order valence-corrected chi connectivity index (χ0v) is 18.5. The zero-order valence-electron chi connectivity index (χ0n) is 15.3. The fourth-order valence-corrected chi connectivity index (χ4v) is 4.81. The maximum atomic E-state index is 13.3. The van der Waals surface area contributed by atoms with E-state index in [1.54, 1.807) is 36.5 Å². The summed E-state index contributed by atoms with van der Waals surface area (Å²) in [6, 6.07) is 15.9. The predicted octanol–water partition coefficient (Wildman–Crippen LogP) is 4.65. The molecule has 2 aromatic carbocycles. The summed E-state index contributed by atoms with van der Waals surface area (Å²) >= 11 is 1.12. The van der Waals surface area contributed by atoms with Crippen LogP contribution in [0.3, 0.4) is 0 Å². The van der Waals surface area contributed by atoms with Crippen molar-refractivity contribution < 1.29 is 17.2 Å². The highest BCUT2D eigenvalue weighted by Crippen LogP contribution is 2.29. The first-order valence-corrected chi connectivity index (χ1v) is 11.9. The first-order valence-electron chi connectivity index (χ1n) is 8.44. The number of hydrogen-bond acceptors (Lipinski definition) is 5. The van der Waals surface area contributed by atoms with Gasteiger partial charge in [-0.25, -0.2) is 22.6 Å². The molecule has 1 aromatic heterocycles. The fourth-order valence-electron chi connectivity index (χ4n) is 2.67. The first kappa shape index (κ1) is 21.5. The van der Waals surface area contributed by atoms with Crippen molar-refractivity contribution in [2.75, 3.05) is 0 Å². The minimum Gasteiger partial charge on any atom is -0.302 e. The van der Waals surface area contributed by atoms with Gasteiger partial charge in [-0.15, -0.1) is 0 Å². The van der Waals surface area contributed by atoms with Crippen LogP contribution in [0.15, 0.2) is 86.1 Å². The van der Waals surface area contributed by atoms with Crippen LogP contribution in [-0.2, 0) is 20.9 Å². The minimum absolute atomic E-state index is 0.0356. The molecule has 3 aromatic rings. The van der Waals surface area contributed by atoms with Crippen molar-refractivity contribution in [2.45, 2.75) is 22.0 Å². The number of rotatable bonds is 6. The summed E-state index contributed by atoms with van der Waals surface area (Å²) in [4.78, 5) is 8.58. The number of nitrogens with zero attached hydrogens (tertiary/aromatic N) is 2. The molecule has 0 saturated carbocycles. The van der Waals surface area contributed by atoms with Gasteiger partial charge in [0.25, 0.3) is 0 Å². The Morgan fingerprint density at radius 1 is 1.14 bits per heavy atom. The van der Waals surface area contributed by atoms with Gasteiger partial charge in [0.1, 0.15) is 5.25 Å². The van der Waals surface area contributed by atoms with E-state index >= 15 is 0 Å². The second-order valence-corrected chi connectivity index (χ2v) is 10.2. The Labute approximate surface area is 180 Å². The maximum Gasteiger partial charge on any atom is 0.190 e. The Hall–Kier alpha value is -2.20. The Morgan fingerprint density at radius 2 is 1.86 bits per heavy atom. The minimum atomic E-state index is -3.86. The molecule has 0 aliphatic heterocycles. The summed E-state index contributed by atoms with van der Waals surface area (Å²) < 4.78 is 47.8. The Morgan fingerprint density at radius 3 is 2.45 bits per heavy atom. The number of aryl methyl sites for hydroxylation is 1. The van der Waals surface area contributed by atoms with Crippen molar-refractivity contribution in [2.24, 2.45) is 4.99 Å². The largest absolute Gasteiger partial charge is 0.302 e. The summed E-state index contributed by atoms with van der Waals surface area (Å²) in [5.74, 6) is 0.382. The second-order valence-electron chi connectivity index (χ2n) is 6.21. The third kappa shape index (κ3) is 5.24. The van der Waals surface area contributed by atoms with Gasteiger partial charge in [-0.3, -0.25) is 0 Å². The lowest BCUT2D eigenvalue weighted by Gasteiger charge is -2.15. The molecule has 0 aliphatic carbocycles. The van der Waals surface area contributed by atoms with Gasteiger partial charge in [-0.05, 0) is 64.8 Å². The molecular formula is C20H17BrN2O4S2. The molecule has 0 spiro atoms. The Bertz CT molecular complexity index is 1160. The molecule has 0 aliphatic rings. The molecule has 2 unspecified atom stereocenters. The Kier molecular flexibility index (Phi) is 6.74. The third-order valence-corrected chi connectivity index (χ3v) is 7.25. The molecule has 3 rings (SSSR count). The van der Waals surface area contributed by atoms with E-state index in [0.29, 0.717) is 11.4 Å². The molecule has 0 fully saturated rings. The molecule has 1 N–H and O–H groups in total. The number of hydrogen-bond donors (Lipinski definition) is 1. The zero-order chi connectivity index (χ0) is 21.0. The summed E-state index contributed by atoms with van der Waals surface area (Å²) in [5.41, 5.74) is 1.49. The van der Waals surface area contributed by atoms with Crippen LogP contribution in [0.1, 0.15) is 16.4 Å². The fraction of sp³-hybridized carbons (Fsp3) is 0.100. The van der Waals surface area contributed by atoms with Crippen LogP contribution in [0.4, 0.5) is 5.82 Å². The van der Waals surface area contributed by atoms with E-state index in [-0.39, 0.29) is 9.79 Å². The molecule has 150 valence electrons. The summed E-state index contributed by atoms with van der Waals surface area (Å²) in [7, 11) is -3.86. The molecule has 0 amide bonds. The van der Waals surface area contributed by atoms with Crippen LogP contribution >= 0.6 is 15.9 Å². The first-order chi connectivity index (χ1) is 13.8. The molecule has 29 heavy (non-hydrogen) atoms. The number of sulfone groups is 1. The summed E-state index contributed by atoms with van der Waals surface area (Å²) in [5, 5.41) is -1.04. The number of aliphatic imine (C=N–C) groups is 1. The van der Waals surface area contributed by atoms with E-state index in [0.717, 1.165) is 10.0 Å². The van der Waals surface area contributed by atoms with E-state index in [1.807, 2.05) is 13.0 Å². The van der Waals surface area contributed by atoms with Crippen LogP contribution in [0.5, 0.6) is 0 Å². The van der Waals surface area contributed by atoms with Crippen molar-refractivity contribution in [3.63, 3.8) is 0 Å². The van der Waals surface area contributed by atoms with Gasteiger partial charge in [-0.2, -0.15) is 0 Å². The van der Waals surface area contributed by atoms with Gasteiger partial charge in [0.2, 0.25) is 0 Å². The molecule has 2 atom stereocenters. The lowest BCUT2D eigenvalue weighted by molar-refractivity contribution is 0.564. The lowest BCUT2D eigenvalue weighted by atomic mass is 10.1. The quantitative estimate of drug-likeness (QED) is 0.398. The topological polar surface area (TPSA) is 96.7 Å². The van der Waals surface area contributed by atoms with Crippen molar-refractivity contribution >= 4 is 48.9 Å². The van der Waals surface area contributed by atoms with Crippen LogP contribution < -0.4 is 0 Å². The van der Waals surface area contributed by atoms with Crippen LogP contribution in [-0.4, -0.2) is 28.4 Å². The average Bonchev–Trinajstić information content (AvgIpc) is 2.69. The van der Waals surface area contributed by atoms with Crippen LogP contribution in [0.25, 0.3) is 0 Å². The number of aromatic nitrogens is 1. The second kappa shape index (κ2) is 9.08.